The van der Waals surface area contributed by atoms with Gasteiger partial charge < -0.3 is 9.88 Å². The van der Waals surface area contributed by atoms with Gasteiger partial charge in [-0.25, -0.2) is 0 Å². The summed E-state index contributed by atoms with van der Waals surface area (Å²) in [6, 6.07) is 7.46. The van der Waals surface area contributed by atoms with Crippen LogP contribution in [0.2, 0.25) is 0 Å². The summed E-state index contributed by atoms with van der Waals surface area (Å²) in [5, 5.41) is 5.24. The smallest absolute Gasteiger partial charge is 0.0489 e. The highest BCUT2D eigenvalue weighted by Gasteiger charge is 2.33. The van der Waals surface area contributed by atoms with Crippen molar-refractivity contribution < 1.29 is 0 Å². The van der Waals surface area contributed by atoms with Gasteiger partial charge in [-0.1, -0.05) is 18.2 Å². The van der Waals surface area contributed by atoms with Crippen molar-refractivity contribution in [1.29, 1.82) is 0 Å². The minimum absolute atomic E-state index is 0.645. The van der Waals surface area contributed by atoms with Crippen LogP contribution in [0.5, 0.6) is 0 Å². The van der Waals surface area contributed by atoms with Crippen molar-refractivity contribution in [2.24, 2.45) is 0 Å². The molecule has 0 saturated carbocycles. The van der Waals surface area contributed by atoms with Gasteiger partial charge in [0.05, 0.1) is 0 Å². The average molecular weight is 252 g/mol. The molecule has 4 rings (SSSR count). The first kappa shape index (κ1) is 11.3. The van der Waals surface area contributed by atoms with E-state index < -0.39 is 0 Å². The van der Waals surface area contributed by atoms with Crippen molar-refractivity contribution in [3.8, 4) is 0 Å². The minimum atomic E-state index is 0.645. The molecule has 1 aromatic heterocycles. The first-order valence-corrected chi connectivity index (χ1v) is 7.33. The minimum Gasteiger partial charge on any atom is -0.343 e. The third kappa shape index (κ3) is 1.59. The number of hydrogen-bond acceptors (Lipinski definition) is 1. The van der Waals surface area contributed by atoms with Crippen molar-refractivity contribution >= 4 is 10.9 Å². The molecule has 0 bridgehead atoms. The quantitative estimate of drug-likeness (QED) is 0.812. The van der Waals surface area contributed by atoms with Crippen molar-refractivity contribution in [3.63, 3.8) is 0 Å². The van der Waals surface area contributed by atoms with E-state index >= 15 is 0 Å². The molecule has 0 spiro atoms. The molecular formula is C17H20N2. The molecule has 2 aliphatic rings. The molecule has 2 nitrogen and oxygen atoms in total. The van der Waals surface area contributed by atoms with Gasteiger partial charge in [0.2, 0.25) is 0 Å². The summed E-state index contributed by atoms with van der Waals surface area (Å²) in [6.07, 6.45) is 8.15. The maximum absolute atomic E-state index is 3.87. The van der Waals surface area contributed by atoms with E-state index in [4.69, 9.17) is 0 Å². The number of benzene rings is 1. The van der Waals surface area contributed by atoms with Crippen LogP contribution in [-0.2, 0) is 13.0 Å². The van der Waals surface area contributed by atoms with Gasteiger partial charge in [-0.2, -0.15) is 0 Å². The van der Waals surface area contributed by atoms with E-state index in [1.807, 2.05) is 6.08 Å². The maximum Gasteiger partial charge on any atom is 0.0489 e. The molecule has 0 radical (unpaired) electrons. The number of aromatic nitrogens is 1. The van der Waals surface area contributed by atoms with E-state index in [9.17, 15) is 0 Å². The Balaban J connectivity index is 1.94. The summed E-state index contributed by atoms with van der Waals surface area (Å²) in [4.78, 5) is 0. The predicted molar refractivity (Wildman–Crippen MR) is 79.6 cm³/mol. The second-order valence-electron chi connectivity index (χ2n) is 5.85. The van der Waals surface area contributed by atoms with Crippen LogP contribution >= 0.6 is 0 Å². The van der Waals surface area contributed by atoms with E-state index in [2.05, 4.69) is 40.9 Å². The van der Waals surface area contributed by atoms with Crippen LogP contribution < -0.4 is 5.32 Å². The summed E-state index contributed by atoms with van der Waals surface area (Å²) in [7, 11) is 0. The zero-order chi connectivity index (χ0) is 12.8. The summed E-state index contributed by atoms with van der Waals surface area (Å²) < 4.78 is 2.35. The maximum atomic E-state index is 3.87. The lowest BCUT2D eigenvalue weighted by Crippen LogP contribution is -2.43. The molecule has 98 valence electrons. The van der Waals surface area contributed by atoms with Crippen LogP contribution in [0, 0.1) is 0 Å². The van der Waals surface area contributed by atoms with Gasteiger partial charge >= 0.3 is 0 Å². The number of nitrogens with zero attached hydrogens (tertiary/aromatic N) is 1. The van der Waals surface area contributed by atoms with Crippen molar-refractivity contribution in [3.05, 3.63) is 48.2 Å². The summed E-state index contributed by atoms with van der Waals surface area (Å²) >= 11 is 0. The normalized spacial score (nSPS) is 25.3. The first-order valence-electron chi connectivity index (χ1n) is 7.33. The molecule has 1 unspecified atom stereocenters. The molecule has 2 aromatic rings. The van der Waals surface area contributed by atoms with Crippen LogP contribution in [0.15, 0.2) is 37.1 Å². The fourth-order valence-electron chi connectivity index (χ4n) is 4.00. The molecule has 1 aromatic carbocycles. The Morgan fingerprint density at radius 3 is 3.26 bits per heavy atom. The molecule has 2 atom stereocenters. The van der Waals surface area contributed by atoms with Crippen LogP contribution in [0.3, 0.4) is 0 Å². The second-order valence-corrected chi connectivity index (χ2v) is 5.85. The van der Waals surface area contributed by atoms with Gasteiger partial charge in [0.1, 0.15) is 0 Å². The standard InChI is InChI=1S/C17H20N2/c1-2-9-19-11-12-10-15-13(6-4-8-18-15)14-5-3-7-16(19)17(12)14/h2-3,5,7,11,13,15,18H,1,4,6,8-10H2/t13?,15-/m1/s1. The number of hydrogen-bond donors (Lipinski definition) is 1. The van der Waals surface area contributed by atoms with Gasteiger partial charge in [0.15, 0.2) is 0 Å². The van der Waals surface area contributed by atoms with Crippen molar-refractivity contribution in [1.82, 2.24) is 9.88 Å². The Bertz CT molecular complexity index is 638. The number of piperidine rings is 1. The third-order valence-electron chi connectivity index (χ3n) is 4.77. The molecule has 19 heavy (non-hydrogen) atoms. The Morgan fingerprint density at radius 2 is 2.37 bits per heavy atom. The van der Waals surface area contributed by atoms with E-state index in [0.717, 1.165) is 6.54 Å². The molecule has 1 aliphatic carbocycles. The second kappa shape index (κ2) is 4.24. The number of allylic oxidation sites excluding steroid dienone is 1. The van der Waals surface area contributed by atoms with Gasteiger partial charge in [-0.05, 0) is 43.0 Å². The van der Waals surface area contributed by atoms with Crippen molar-refractivity contribution in [2.75, 3.05) is 6.54 Å². The lowest BCUT2D eigenvalue weighted by molar-refractivity contribution is 0.345. The molecular weight excluding hydrogens is 232 g/mol. The Labute approximate surface area is 114 Å². The van der Waals surface area contributed by atoms with Crippen LogP contribution in [-0.4, -0.2) is 17.2 Å². The largest absolute Gasteiger partial charge is 0.343 e. The van der Waals surface area contributed by atoms with Gasteiger partial charge in [0, 0.05) is 35.6 Å². The molecule has 1 fully saturated rings. The highest BCUT2D eigenvalue weighted by molar-refractivity contribution is 5.89. The third-order valence-corrected chi connectivity index (χ3v) is 4.77. The highest BCUT2D eigenvalue weighted by Crippen LogP contribution is 2.41. The monoisotopic (exact) mass is 252 g/mol. The molecule has 1 saturated heterocycles. The van der Waals surface area contributed by atoms with Crippen molar-refractivity contribution in [2.45, 2.75) is 37.8 Å². The van der Waals surface area contributed by atoms with Gasteiger partial charge in [0.25, 0.3) is 0 Å². The molecule has 1 aliphatic heterocycles. The topological polar surface area (TPSA) is 17.0 Å². The fraction of sp³-hybridized carbons (Fsp3) is 0.412. The average Bonchev–Trinajstić information content (AvgIpc) is 2.79. The fourth-order valence-corrected chi connectivity index (χ4v) is 4.00. The van der Waals surface area contributed by atoms with E-state index in [1.165, 1.54) is 42.3 Å². The van der Waals surface area contributed by atoms with E-state index in [1.54, 1.807) is 5.56 Å². The molecule has 0 amide bonds. The van der Waals surface area contributed by atoms with Crippen LogP contribution in [0.25, 0.3) is 10.9 Å². The summed E-state index contributed by atoms with van der Waals surface area (Å²) in [5.74, 6) is 0.713. The molecule has 2 heterocycles. The van der Waals surface area contributed by atoms with Crippen LogP contribution in [0.1, 0.15) is 29.9 Å². The van der Waals surface area contributed by atoms with Gasteiger partial charge in [-0.15, -0.1) is 6.58 Å². The Kier molecular flexibility index (Phi) is 2.52. The summed E-state index contributed by atoms with van der Waals surface area (Å²) in [6.45, 7) is 5.96. The van der Waals surface area contributed by atoms with Gasteiger partial charge in [-0.3, -0.25) is 0 Å². The zero-order valence-corrected chi connectivity index (χ0v) is 11.2. The lowest BCUT2D eigenvalue weighted by Gasteiger charge is -2.36. The van der Waals surface area contributed by atoms with E-state index in [0.29, 0.717) is 12.0 Å². The van der Waals surface area contributed by atoms with Crippen LogP contribution in [0.4, 0.5) is 0 Å². The zero-order valence-electron chi connectivity index (χ0n) is 11.2. The van der Waals surface area contributed by atoms with E-state index in [-0.39, 0.29) is 0 Å². The summed E-state index contributed by atoms with van der Waals surface area (Å²) in [5.41, 5.74) is 4.47. The lowest BCUT2D eigenvalue weighted by atomic mass is 9.76. The number of rotatable bonds is 2. The molecule has 2 heteroatoms. The Hall–Kier alpha value is -1.54. The molecule has 1 N–H and O–H groups in total. The highest BCUT2D eigenvalue weighted by atomic mass is 15.0. The predicted octanol–water partition coefficient (Wildman–Crippen LogP) is 3.22. The first-order chi connectivity index (χ1) is 9.38. The SMILES string of the molecule is C=CCn1cc2c3c(cccc31)C1CCCN[C@@H]1C2. The number of nitrogens with one attached hydrogen (secondary N) is 1. The Morgan fingerprint density at radius 1 is 1.42 bits per heavy atom. The number of fused-ring (bicyclic) bond motifs is 2.